The van der Waals surface area contributed by atoms with Crippen molar-refractivity contribution < 1.29 is 4.79 Å². The lowest BCUT2D eigenvalue weighted by molar-refractivity contribution is 0.102. The van der Waals surface area contributed by atoms with Gasteiger partial charge in [-0.1, -0.05) is 30.3 Å². The molecule has 0 unspecified atom stereocenters. The van der Waals surface area contributed by atoms with Crippen LogP contribution < -0.4 is 5.32 Å². The van der Waals surface area contributed by atoms with Gasteiger partial charge in [-0.3, -0.25) is 4.79 Å². The monoisotopic (exact) mass is 320 g/mol. The molecule has 0 aliphatic rings. The van der Waals surface area contributed by atoms with E-state index in [4.69, 9.17) is 0 Å². The Morgan fingerprint density at radius 2 is 1.78 bits per heavy atom. The number of amides is 1. The molecule has 4 rings (SSSR count). The van der Waals surface area contributed by atoms with Crippen LogP contribution in [0, 0.1) is 0 Å². The van der Waals surface area contributed by atoms with Gasteiger partial charge in [0.2, 0.25) is 0 Å². The van der Waals surface area contributed by atoms with Crippen LogP contribution in [-0.4, -0.2) is 20.9 Å². The summed E-state index contributed by atoms with van der Waals surface area (Å²) in [5.74, 6) is 0.449. The first-order valence-corrected chi connectivity index (χ1v) is 7.94. The molecule has 4 aromatic rings. The molecular weight excluding hydrogens is 308 g/mol. The van der Waals surface area contributed by atoms with Crippen molar-refractivity contribution in [3.8, 4) is 10.8 Å². The van der Waals surface area contributed by atoms with Gasteiger partial charge in [-0.15, -0.1) is 11.3 Å². The molecule has 0 spiro atoms. The van der Waals surface area contributed by atoms with Crippen molar-refractivity contribution in [2.45, 2.75) is 0 Å². The number of aromatic nitrogens is 3. The number of benzene rings is 2. The van der Waals surface area contributed by atoms with E-state index in [0.29, 0.717) is 16.5 Å². The molecule has 0 atom stereocenters. The largest absolute Gasteiger partial charge is 0.336 e. The number of thiazole rings is 1. The summed E-state index contributed by atoms with van der Waals surface area (Å²) in [5, 5.41) is 5.25. The standard InChI is InChI=1S/C17H12N4OS/c22-16(18-11-6-2-1-3-7-11)14-10-23-17(21-14)15-19-12-8-4-5-9-13(12)20-15/h1-10H,(H,18,22)(H,19,20). The summed E-state index contributed by atoms with van der Waals surface area (Å²) in [6.45, 7) is 0. The van der Waals surface area contributed by atoms with E-state index in [1.54, 1.807) is 5.38 Å². The molecule has 0 radical (unpaired) electrons. The van der Waals surface area contributed by atoms with Gasteiger partial charge in [0, 0.05) is 11.1 Å². The van der Waals surface area contributed by atoms with Gasteiger partial charge in [-0.2, -0.15) is 0 Å². The zero-order valence-corrected chi connectivity index (χ0v) is 12.8. The highest BCUT2D eigenvalue weighted by Gasteiger charge is 2.14. The van der Waals surface area contributed by atoms with Crippen LogP contribution in [0.1, 0.15) is 10.5 Å². The van der Waals surface area contributed by atoms with Crippen molar-refractivity contribution in [3.63, 3.8) is 0 Å². The predicted molar refractivity (Wildman–Crippen MR) is 91.6 cm³/mol. The first kappa shape index (κ1) is 13.7. The number of nitrogens with zero attached hydrogens (tertiary/aromatic N) is 2. The topological polar surface area (TPSA) is 70.7 Å². The Bertz CT molecular complexity index is 941. The Balaban J connectivity index is 1.60. The van der Waals surface area contributed by atoms with Crippen LogP contribution >= 0.6 is 11.3 Å². The van der Waals surface area contributed by atoms with E-state index in [-0.39, 0.29) is 5.91 Å². The lowest BCUT2D eigenvalue weighted by atomic mass is 10.3. The average molecular weight is 320 g/mol. The molecule has 2 N–H and O–H groups in total. The summed E-state index contributed by atoms with van der Waals surface area (Å²) < 4.78 is 0. The Morgan fingerprint density at radius 1 is 1.00 bits per heavy atom. The lowest BCUT2D eigenvalue weighted by Gasteiger charge is -2.01. The van der Waals surface area contributed by atoms with Gasteiger partial charge >= 0.3 is 0 Å². The average Bonchev–Trinajstić information content (AvgIpc) is 3.22. The number of hydrogen-bond donors (Lipinski definition) is 2. The number of aromatic amines is 1. The van der Waals surface area contributed by atoms with Gasteiger partial charge in [0.1, 0.15) is 5.69 Å². The van der Waals surface area contributed by atoms with Crippen LogP contribution in [0.4, 0.5) is 5.69 Å². The minimum Gasteiger partial charge on any atom is -0.336 e. The minimum atomic E-state index is -0.227. The van der Waals surface area contributed by atoms with Crippen LogP contribution in [0.15, 0.2) is 60.0 Å². The van der Waals surface area contributed by atoms with Crippen LogP contribution in [-0.2, 0) is 0 Å². The molecule has 23 heavy (non-hydrogen) atoms. The molecule has 0 fully saturated rings. The van der Waals surface area contributed by atoms with Crippen molar-refractivity contribution in [1.29, 1.82) is 0 Å². The fourth-order valence-electron chi connectivity index (χ4n) is 2.26. The summed E-state index contributed by atoms with van der Waals surface area (Å²) in [7, 11) is 0. The van der Waals surface area contributed by atoms with Crippen LogP contribution in [0.2, 0.25) is 0 Å². The van der Waals surface area contributed by atoms with Crippen molar-refractivity contribution in [3.05, 3.63) is 65.7 Å². The third-order valence-corrected chi connectivity index (χ3v) is 4.21. The minimum absolute atomic E-state index is 0.227. The molecule has 2 aromatic heterocycles. The zero-order chi connectivity index (χ0) is 15.6. The number of anilines is 1. The smallest absolute Gasteiger partial charge is 0.275 e. The summed E-state index contributed by atoms with van der Waals surface area (Å²) >= 11 is 1.39. The third-order valence-electron chi connectivity index (χ3n) is 3.36. The van der Waals surface area contributed by atoms with E-state index >= 15 is 0 Å². The number of carbonyl (C=O) groups is 1. The van der Waals surface area contributed by atoms with Gasteiger partial charge < -0.3 is 10.3 Å². The van der Waals surface area contributed by atoms with Crippen LogP contribution in [0.5, 0.6) is 0 Å². The number of H-pyrrole nitrogens is 1. The van der Waals surface area contributed by atoms with E-state index in [1.165, 1.54) is 11.3 Å². The van der Waals surface area contributed by atoms with E-state index in [2.05, 4.69) is 20.3 Å². The maximum Gasteiger partial charge on any atom is 0.275 e. The summed E-state index contributed by atoms with van der Waals surface area (Å²) in [5.41, 5.74) is 2.96. The maximum atomic E-state index is 12.2. The Hall–Kier alpha value is -2.99. The maximum absolute atomic E-state index is 12.2. The molecule has 0 bridgehead atoms. The molecule has 0 aliphatic carbocycles. The van der Waals surface area contributed by atoms with Crippen LogP contribution in [0.25, 0.3) is 21.9 Å². The molecular formula is C17H12N4OS. The molecule has 5 nitrogen and oxygen atoms in total. The van der Waals surface area contributed by atoms with Gasteiger partial charge in [-0.25, -0.2) is 9.97 Å². The molecule has 0 saturated carbocycles. The van der Waals surface area contributed by atoms with Crippen molar-refractivity contribution >= 4 is 34.0 Å². The second kappa shape index (κ2) is 5.66. The third kappa shape index (κ3) is 2.72. The highest BCUT2D eigenvalue weighted by atomic mass is 32.1. The second-order valence-electron chi connectivity index (χ2n) is 4.96. The zero-order valence-electron chi connectivity index (χ0n) is 12.0. The lowest BCUT2D eigenvalue weighted by Crippen LogP contribution is -2.12. The van der Waals surface area contributed by atoms with E-state index < -0.39 is 0 Å². The Labute approximate surface area is 136 Å². The van der Waals surface area contributed by atoms with E-state index in [9.17, 15) is 4.79 Å². The fourth-order valence-corrected chi connectivity index (χ4v) is 3.00. The van der Waals surface area contributed by atoms with Gasteiger partial charge in [0.25, 0.3) is 5.91 Å². The summed E-state index contributed by atoms with van der Waals surface area (Å²) in [4.78, 5) is 24.3. The SMILES string of the molecule is O=C(Nc1ccccc1)c1csc(-c2nc3ccccc3[nH]2)n1. The number of rotatable bonds is 3. The highest BCUT2D eigenvalue weighted by molar-refractivity contribution is 7.13. The van der Waals surface area contributed by atoms with Crippen molar-refractivity contribution in [2.75, 3.05) is 5.32 Å². The first-order valence-electron chi connectivity index (χ1n) is 7.07. The van der Waals surface area contributed by atoms with Gasteiger partial charge in [-0.05, 0) is 24.3 Å². The molecule has 0 saturated heterocycles. The first-order chi connectivity index (χ1) is 11.3. The number of imidazole rings is 1. The Morgan fingerprint density at radius 3 is 2.61 bits per heavy atom. The number of carbonyl (C=O) groups excluding carboxylic acids is 1. The molecule has 2 heterocycles. The van der Waals surface area contributed by atoms with Gasteiger partial charge in [0.05, 0.1) is 11.0 Å². The van der Waals surface area contributed by atoms with Crippen molar-refractivity contribution in [1.82, 2.24) is 15.0 Å². The second-order valence-corrected chi connectivity index (χ2v) is 5.82. The van der Waals surface area contributed by atoms with Crippen molar-refractivity contribution in [2.24, 2.45) is 0 Å². The normalized spacial score (nSPS) is 10.8. The summed E-state index contributed by atoms with van der Waals surface area (Å²) in [6.07, 6.45) is 0. The molecule has 2 aromatic carbocycles. The fraction of sp³-hybridized carbons (Fsp3) is 0. The molecule has 112 valence electrons. The number of nitrogens with one attached hydrogen (secondary N) is 2. The number of fused-ring (bicyclic) bond motifs is 1. The molecule has 1 amide bonds. The van der Waals surface area contributed by atoms with E-state index in [0.717, 1.165) is 16.7 Å². The predicted octanol–water partition coefficient (Wildman–Crippen LogP) is 3.94. The number of hydrogen-bond acceptors (Lipinski definition) is 4. The van der Waals surface area contributed by atoms with E-state index in [1.807, 2.05) is 54.6 Å². The molecule has 0 aliphatic heterocycles. The van der Waals surface area contributed by atoms with Crippen LogP contribution in [0.3, 0.4) is 0 Å². The number of para-hydroxylation sites is 3. The molecule has 6 heteroatoms. The van der Waals surface area contributed by atoms with Gasteiger partial charge in [0.15, 0.2) is 10.8 Å². The highest BCUT2D eigenvalue weighted by Crippen LogP contribution is 2.24. The Kier molecular flexibility index (Phi) is 3.36. The summed E-state index contributed by atoms with van der Waals surface area (Å²) in [6, 6.07) is 17.1. The quantitative estimate of drug-likeness (QED) is 0.600.